The van der Waals surface area contributed by atoms with Crippen molar-refractivity contribution in [2.75, 3.05) is 0 Å². The maximum atomic E-state index is 10.5. The van der Waals surface area contributed by atoms with Gasteiger partial charge in [-0.15, -0.1) is 11.3 Å². The van der Waals surface area contributed by atoms with Crippen LogP contribution in [0.1, 0.15) is 21.0 Å². The Kier molecular flexibility index (Phi) is 3.23. The van der Waals surface area contributed by atoms with Gasteiger partial charge in [-0.2, -0.15) is 0 Å². The molecular formula is C9H6O3S. The molecule has 0 amide bonds. The highest BCUT2D eigenvalue weighted by molar-refractivity contribution is 7.14. The van der Waals surface area contributed by atoms with Gasteiger partial charge in [0.15, 0.2) is 0 Å². The number of carbonyl (C=O) groups excluding carboxylic acids is 1. The number of aldehydes is 1. The van der Waals surface area contributed by atoms with Crippen LogP contribution in [0.5, 0.6) is 0 Å². The molecule has 1 aromatic rings. The van der Waals surface area contributed by atoms with Crippen molar-refractivity contribution in [3.8, 4) is 11.8 Å². The zero-order valence-electron chi connectivity index (χ0n) is 6.61. The summed E-state index contributed by atoms with van der Waals surface area (Å²) in [5.74, 6) is 4.35. The van der Waals surface area contributed by atoms with Crippen molar-refractivity contribution in [2.45, 2.75) is 6.42 Å². The second kappa shape index (κ2) is 4.43. The van der Waals surface area contributed by atoms with E-state index in [-0.39, 0.29) is 11.3 Å². The van der Waals surface area contributed by atoms with Gasteiger partial charge in [0.05, 0.1) is 11.3 Å². The maximum Gasteiger partial charge on any atom is 0.345 e. The molecule has 0 aliphatic heterocycles. The first-order valence-electron chi connectivity index (χ1n) is 3.49. The Morgan fingerprint density at radius 2 is 2.38 bits per heavy atom. The van der Waals surface area contributed by atoms with Crippen molar-refractivity contribution >= 4 is 23.6 Å². The Balaban J connectivity index is 2.76. The lowest BCUT2D eigenvalue weighted by Crippen LogP contribution is -1.89. The number of aromatic carboxylic acids is 1. The van der Waals surface area contributed by atoms with Crippen molar-refractivity contribution < 1.29 is 14.7 Å². The highest BCUT2D eigenvalue weighted by atomic mass is 32.1. The fraction of sp³-hybridized carbons (Fsp3) is 0.111. The minimum absolute atomic E-state index is 0.181. The van der Waals surface area contributed by atoms with Gasteiger partial charge in [0, 0.05) is 0 Å². The maximum absolute atomic E-state index is 10.5. The topological polar surface area (TPSA) is 54.4 Å². The van der Waals surface area contributed by atoms with E-state index in [9.17, 15) is 9.59 Å². The van der Waals surface area contributed by atoms with Gasteiger partial charge in [-0.25, -0.2) is 4.79 Å². The molecule has 0 aliphatic carbocycles. The van der Waals surface area contributed by atoms with E-state index >= 15 is 0 Å². The molecule has 0 radical (unpaired) electrons. The summed E-state index contributed by atoms with van der Waals surface area (Å²) in [4.78, 5) is 21.3. The quantitative estimate of drug-likeness (QED) is 0.571. The molecule has 13 heavy (non-hydrogen) atoms. The predicted octanol–water partition coefficient (Wildman–Crippen LogP) is 1.39. The molecule has 0 saturated heterocycles. The smallest absolute Gasteiger partial charge is 0.345 e. The molecule has 1 aromatic heterocycles. The fourth-order valence-corrected chi connectivity index (χ4v) is 1.42. The lowest BCUT2D eigenvalue weighted by Gasteiger charge is -1.80. The molecule has 3 nitrogen and oxygen atoms in total. The molecule has 0 aromatic carbocycles. The number of carbonyl (C=O) groups is 2. The standard InChI is InChI=1S/C9H6O3S/c10-6-2-1-3-7-4-5-8(13-7)9(11)12/h4-6H,2H2,(H,11,12). The molecule has 1 rings (SSSR count). The van der Waals surface area contributed by atoms with Crippen LogP contribution in [-0.4, -0.2) is 17.4 Å². The average molecular weight is 194 g/mol. The van der Waals surface area contributed by atoms with Crippen LogP contribution in [0.15, 0.2) is 12.1 Å². The minimum atomic E-state index is -0.951. The summed E-state index contributed by atoms with van der Waals surface area (Å²) >= 11 is 1.10. The van der Waals surface area contributed by atoms with E-state index in [1.165, 1.54) is 6.07 Å². The average Bonchev–Trinajstić information content (AvgIpc) is 2.53. The number of carboxylic acids is 1. The third-order valence-corrected chi connectivity index (χ3v) is 2.20. The molecule has 1 heterocycles. The predicted molar refractivity (Wildman–Crippen MR) is 48.8 cm³/mol. The molecule has 0 spiro atoms. The van der Waals surface area contributed by atoms with Crippen LogP contribution in [0, 0.1) is 11.8 Å². The van der Waals surface area contributed by atoms with Gasteiger partial charge in [-0.05, 0) is 12.1 Å². The summed E-state index contributed by atoms with van der Waals surface area (Å²) in [5.41, 5.74) is 0. The summed E-state index contributed by atoms with van der Waals surface area (Å²) in [5, 5.41) is 8.58. The highest BCUT2D eigenvalue weighted by Crippen LogP contribution is 2.14. The Bertz CT molecular complexity index is 381. The summed E-state index contributed by atoms with van der Waals surface area (Å²) < 4.78 is 0. The summed E-state index contributed by atoms with van der Waals surface area (Å²) in [7, 11) is 0. The zero-order valence-corrected chi connectivity index (χ0v) is 7.43. The number of thiophene rings is 1. The summed E-state index contributed by atoms with van der Waals surface area (Å²) in [6.07, 6.45) is 0.888. The van der Waals surface area contributed by atoms with E-state index in [0.29, 0.717) is 11.2 Å². The van der Waals surface area contributed by atoms with Gasteiger partial charge in [-0.1, -0.05) is 11.8 Å². The third-order valence-electron chi connectivity index (χ3n) is 1.21. The molecule has 66 valence electrons. The van der Waals surface area contributed by atoms with Crippen molar-refractivity contribution in [1.29, 1.82) is 0 Å². The molecule has 0 bridgehead atoms. The van der Waals surface area contributed by atoms with Gasteiger partial charge in [0.25, 0.3) is 0 Å². The van der Waals surface area contributed by atoms with Crippen LogP contribution in [0.25, 0.3) is 0 Å². The molecule has 4 heteroatoms. The number of hydrogen-bond donors (Lipinski definition) is 1. The lowest BCUT2D eigenvalue weighted by atomic mass is 10.4. The largest absolute Gasteiger partial charge is 0.477 e. The first-order valence-corrected chi connectivity index (χ1v) is 4.31. The molecule has 0 saturated carbocycles. The number of carboxylic acid groups (broad SMARTS) is 1. The summed E-state index contributed by atoms with van der Waals surface area (Å²) in [6, 6.07) is 3.13. The van der Waals surface area contributed by atoms with Gasteiger partial charge >= 0.3 is 5.97 Å². The van der Waals surface area contributed by atoms with Gasteiger partial charge in [-0.3, -0.25) is 0 Å². The molecular weight excluding hydrogens is 188 g/mol. The molecule has 0 atom stereocenters. The zero-order chi connectivity index (χ0) is 9.68. The summed E-state index contributed by atoms with van der Waals surface area (Å²) in [6.45, 7) is 0. The van der Waals surface area contributed by atoms with Gasteiger partial charge in [0.2, 0.25) is 0 Å². The molecule has 1 N–H and O–H groups in total. The van der Waals surface area contributed by atoms with Crippen LogP contribution in [0.4, 0.5) is 0 Å². The molecule has 0 aliphatic rings. The Hall–Kier alpha value is -1.60. The number of rotatable bonds is 2. The molecule has 0 unspecified atom stereocenters. The normalized spacial score (nSPS) is 8.62. The van der Waals surface area contributed by atoms with Crippen molar-refractivity contribution in [2.24, 2.45) is 0 Å². The third kappa shape index (κ3) is 2.73. The van der Waals surface area contributed by atoms with Crippen LogP contribution < -0.4 is 0 Å². The van der Waals surface area contributed by atoms with Gasteiger partial charge < -0.3 is 9.90 Å². The Morgan fingerprint density at radius 1 is 1.62 bits per heavy atom. The SMILES string of the molecule is O=CCC#Cc1ccc(C(=O)O)s1. The van der Waals surface area contributed by atoms with Crippen LogP contribution in [0.2, 0.25) is 0 Å². The van der Waals surface area contributed by atoms with E-state index in [1.54, 1.807) is 6.07 Å². The van der Waals surface area contributed by atoms with E-state index in [4.69, 9.17) is 5.11 Å². The minimum Gasteiger partial charge on any atom is -0.477 e. The van der Waals surface area contributed by atoms with Crippen LogP contribution in [0.3, 0.4) is 0 Å². The van der Waals surface area contributed by atoms with Crippen molar-refractivity contribution in [3.63, 3.8) is 0 Å². The Labute approximate surface area is 79.0 Å². The highest BCUT2D eigenvalue weighted by Gasteiger charge is 2.04. The van der Waals surface area contributed by atoms with E-state index < -0.39 is 5.97 Å². The van der Waals surface area contributed by atoms with Crippen LogP contribution in [-0.2, 0) is 4.79 Å². The van der Waals surface area contributed by atoms with Gasteiger partial charge in [0.1, 0.15) is 11.2 Å². The monoisotopic (exact) mass is 194 g/mol. The number of hydrogen-bond acceptors (Lipinski definition) is 3. The van der Waals surface area contributed by atoms with E-state index in [2.05, 4.69) is 11.8 Å². The second-order valence-corrected chi connectivity index (χ2v) is 3.23. The second-order valence-electron chi connectivity index (χ2n) is 2.14. The lowest BCUT2D eigenvalue weighted by molar-refractivity contribution is -0.107. The van der Waals surface area contributed by atoms with Crippen molar-refractivity contribution in [1.82, 2.24) is 0 Å². The fourth-order valence-electron chi connectivity index (χ4n) is 0.700. The van der Waals surface area contributed by atoms with Crippen molar-refractivity contribution in [3.05, 3.63) is 21.9 Å². The van der Waals surface area contributed by atoms with E-state index in [1.807, 2.05) is 0 Å². The van der Waals surface area contributed by atoms with Crippen LogP contribution >= 0.6 is 11.3 Å². The van der Waals surface area contributed by atoms with E-state index in [0.717, 1.165) is 11.3 Å². The Morgan fingerprint density at radius 3 is 2.92 bits per heavy atom. The first-order chi connectivity index (χ1) is 6.24. The first kappa shape index (κ1) is 9.49. The molecule has 0 fully saturated rings.